The molecule has 0 radical (unpaired) electrons. The van der Waals surface area contributed by atoms with Crippen LogP contribution in [0.2, 0.25) is 0 Å². The number of carbonyl (C=O) groups is 1. The van der Waals surface area contributed by atoms with Gasteiger partial charge in [-0.1, -0.05) is 26.0 Å². The molecule has 22 heavy (non-hydrogen) atoms. The number of methoxy groups -OCH3 is 1. The highest BCUT2D eigenvalue weighted by Crippen LogP contribution is 2.25. The lowest BCUT2D eigenvalue weighted by Crippen LogP contribution is -2.53. The highest BCUT2D eigenvalue weighted by atomic mass is 35.5. The first-order valence-electron chi connectivity index (χ1n) is 7.37. The van der Waals surface area contributed by atoms with E-state index in [0.717, 1.165) is 12.8 Å². The molecule has 0 spiro atoms. The van der Waals surface area contributed by atoms with Crippen LogP contribution in [0, 0.1) is 0 Å². The number of benzene rings is 1. The molecule has 0 saturated carbocycles. The maximum absolute atomic E-state index is 12.0. The van der Waals surface area contributed by atoms with Crippen LogP contribution in [0.15, 0.2) is 24.3 Å². The zero-order valence-corrected chi connectivity index (χ0v) is 14.4. The number of carbonyl (C=O) groups excluding carboxylic acids is 1. The summed E-state index contributed by atoms with van der Waals surface area (Å²) in [5.41, 5.74) is 5.47. The van der Waals surface area contributed by atoms with E-state index in [0.29, 0.717) is 31.1 Å². The van der Waals surface area contributed by atoms with Gasteiger partial charge in [0, 0.05) is 6.54 Å². The maximum atomic E-state index is 12.0. The van der Waals surface area contributed by atoms with Crippen molar-refractivity contribution in [1.82, 2.24) is 5.32 Å². The van der Waals surface area contributed by atoms with Gasteiger partial charge in [-0.3, -0.25) is 4.79 Å². The Bertz CT molecular complexity index is 443. The highest BCUT2D eigenvalue weighted by molar-refractivity contribution is 5.85. The third-order valence-corrected chi connectivity index (χ3v) is 3.80. The quantitative estimate of drug-likeness (QED) is 0.729. The van der Waals surface area contributed by atoms with Gasteiger partial charge in [0.15, 0.2) is 11.5 Å². The van der Waals surface area contributed by atoms with Gasteiger partial charge in [0.05, 0.1) is 25.7 Å². The van der Waals surface area contributed by atoms with Crippen molar-refractivity contribution in [2.24, 2.45) is 5.73 Å². The van der Waals surface area contributed by atoms with E-state index in [2.05, 4.69) is 5.32 Å². The number of hydrogen-bond acceptors (Lipinski definition) is 4. The standard InChI is InChI=1S/C16H26N2O3.ClH/c1-4-16(5-2,12-17)18-15(19)10-11-21-14-9-7-6-8-13(14)20-3;/h6-9H,4-5,10-12,17H2,1-3H3,(H,18,19);1H. The second-order valence-electron chi connectivity index (χ2n) is 4.99. The third kappa shape index (κ3) is 5.73. The zero-order valence-electron chi connectivity index (χ0n) is 13.6. The van der Waals surface area contributed by atoms with Gasteiger partial charge in [0.25, 0.3) is 0 Å². The first-order chi connectivity index (χ1) is 10.1. The molecule has 1 amide bonds. The molecule has 0 aliphatic heterocycles. The van der Waals surface area contributed by atoms with Crippen molar-refractivity contribution in [3.8, 4) is 11.5 Å². The Balaban J connectivity index is 0.00000441. The molecule has 0 aromatic heterocycles. The summed E-state index contributed by atoms with van der Waals surface area (Å²) in [6.07, 6.45) is 1.93. The normalized spacial score (nSPS) is 10.5. The van der Waals surface area contributed by atoms with E-state index in [-0.39, 0.29) is 23.9 Å². The average molecular weight is 331 g/mol. The first-order valence-corrected chi connectivity index (χ1v) is 7.37. The summed E-state index contributed by atoms with van der Waals surface area (Å²) in [5.74, 6) is 1.26. The Hall–Kier alpha value is -1.46. The van der Waals surface area contributed by atoms with E-state index in [1.807, 2.05) is 38.1 Å². The number of amides is 1. The predicted octanol–water partition coefficient (Wildman–Crippen LogP) is 2.52. The number of rotatable bonds is 9. The van der Waals surface area contributed by atoms with Gasteiger partial charge in [0.2, 0.25) is 5.91 Å². The SMILES string of the molecule is CCC(CC)(CN)NC(=O)CCOc1ccccc1OC.Cl. The summed E-state index contributed by atoms with van der Waals surface area (Å²) >= 11 is 0. The molecular formula is C16H27ClN2O3. The van der Waals surface area contributed by atoms with Crippen LogP contribution in [0.5, 0.6) is 11.5 Å². The number of para-hydroxylation sites is 2. The van der Waals surface area contributed by atoms with Gasteiger partial charge in [-0.15, -0.1) is 12.4 Å². The smallest absolute Gasteiger partial charge is 0.223 e. The Morgan fingerprint density at radius 2 is 1.82 bits per heavy atom. The van der Waals surface area contributed by atoms with Gasteiger partial charge in [-0.25, -0.2) is 0 Å². The van der Waals surface area contributed by atoms with E-state index in [1.54, 1.807) is 7.11 Å². The van der Waals surface area contributed by atoms with Crippen molar-refractivity contribution in [3.05, 3.63) is 24.3 Å². The zero-order chi connectivity index (χ0) is 15.7. The molecule has 126 valence electrons. The van der Waals surface area contributed by atoms with Crippen molar-refractivity contribution in [1.29, 1.82) is 0 Å². The van der Waals surface area contributed by atoms with Gasteiger partial charge in [0.1, 0.15) is 0 Å². The number of nitrogens with two attached hydrogens (primary N) is 1. The summed E-state index contributed by atoms with van der Waals surface area (Å²) in [6.45, 7) is 4.81. The predicted molar refractivity (Wildman–Crippen MR) is 90.9 cm³/mol. The summed E-state index contributed by atoms with van der Waals surface area (Å²) in [7, 11) is 1.59. The second-order valence-corrected chi connectivity index (χ2v) is 4.99. The Morgan fingerprint density at radius 3 is 2.32 bits per heavy atom. The van der Waals surface area contributed by atoms with Crippen LogP contribution in [0.1, 0.15) is 33.1 Å². The fourth-order valence-electron chi connectivity index (χ4n) is 2.12. The van der Waals surface area contributed by atoms with Crippen molar-refractivity contribution in [3.63, 3.8) is 0 Å². The van der Waals surface area contributed by atoms with Crippen LogP contribution < -0.4 is 20.5 Å². The minimum Gasteiger partial charge on any atom is -0.493 e. The summed E-state index contributed by atoms with van der Waals surface area (Å²) in [6, 6.07) is 7.38. The summed E-state index contributed by atoms with van der Waals surface area (Å²) in [4.78, 5) is 12.0. The molecule has 1 aromatic rings. The lowest BCUT2D eigenvalue weighted by atomic mass is 9.93. The molecule has 0 atom stereocenters. The van der Waals surface area contributed by atoms with E-state index in [1.165, 1.54) is 0 Å². The van der Waals surface area contributed by atoms with Crippen LogP contribution in [-0.4, -0.2) is 31.7 Å². The largest absolute Gasteiger partial charge is 0.493 e. The third-order valence-electron chi connectivity index (χ3n) is 3.80. The van der Waals surface area contributed by atoms with E-state index < -0.39 is 0 Å². The van der Waals surface area contributed by atoms with E-state index >= 15 is 0 Å². The molecule has 0 heterocycles. The van der Waals surface area contributed by atoms with Gasteiger partial charge in [-0.2, -0.15) is 0 Å². The Labute approximate surface area is 139 Å². The molecule has 0 fully saturated rings. The van der Waals surface area contributed by atoms with Crippen molar-refractivity contribution < 1.29 is 14.3 Å². The van der Waals surface area contributed by atoms with E-state index in [9.17, 15) is 4.79 Å². The molecule has 0 bridgehead atoms. The van der Waals surface area contributed by atoms with Crippen LogP contribution in [0.25, 0.3) is 0 Å². The Morgan fingerprint density at radius 1 is 1.23 bits per heavy atom. The van der Waals surface area contributed by atoms with Gasteiger partial charge >= 0.3 is 0 Å². The fourth-order valence-corrected chi connectivity index (χ4v) is 2.12. The molecule has 1 aromatic carbocycles. The van der Waals surface area contributed by atoms with Gasteiger partial charge < -0.3 is 20.5 Å². The van der Waals surface area contributed by atoms with Crippen LogP contribution in [0.4, 0.5) is 0 Å². The fraction of sp³-hybridized carbons (Fsp3) is 0.562. The number of hydrogen-bond donors (Lipinski definition) is 2. The monoisotopic (exact) mass is 330 g/mol. The highest BCUT2D eigenvalue weighted by Gasteiger charge is 2.25. The molecule has 3 N–H and O–H groups in total. The molecule has 0 saturated heterocycles. The lowest BCUT2D eigenvalue weighted by molar-refractivity contribution is -0.123. The van der Waals surface area contributed by atoms with Crippen LogP contribution >= 0.6 is 12.4 Å². The minimum absolute atomic E-state index is 0. The summed E-state index contributed by atoms with van der Waals surface area (Å²) in [5, 5.41) is 3.02. The molecule has 0 aliphatic carbocycles. The summed E-state index contributed by atoms with van der Waals surface area (Å²) < 4.78 is 10.8. The number of halogens is 1. The molecule has 1 rings (SSSR count). The maximum Gasteiger partial charge on any atom is 0.223 e. The van der Waals surface area contributed by atoms with E-state index in [4.69, 9.17) is 15.2 Å². The number of ether oxygens (including phenoxy) is 2. The van der Waals surface area contributed by atoms with Gasteiger partial charge in [-0.05, 0) is 25.0 Å². The molecule has 0 aliphatic rings. The van der Waals surface area contributed by atoms with Crippen LogP contribution in [0.3, 0.4) is 0 Å². The Kier molecular flexibility index (Phi) is 9.61. The van der Waals surface area contributed by atoms with Crippen molar-refractivity contribution in [2.45, 2.75) is 38.6 Å². The lowest BCUT2D eigenvalue weighted by Gasteiger charge is -2.31. The average Bonchev–Trinajstić information content (AvgIpc) is 2.53. The minimum atomic E-state index is -0.304. The number of nitrogens with one attached hydrogen (secondary N) is 1. The second kappa shape index (κ2) is 10.3. The van der Waals surface area contributed by atoms with Crippen molar-refractivity contribution >= 4 is 18.3 Å². The first kappa shape index (κ1) is 20.5. The van der Waals surface area contributed by atoms with Crippen LogP contribution in [-0.2, 0) is 4.79 Å². The molecular weight excluding hydrogens is 304 g/mol. The molecule has 5 nitrogen and oxygen atoms in total. The van der Waals surface area contributed by atoms with Crippen molar-refractivity contribution in [2.75, 3.05) is 20.3 Å². The molecule has 0 unspecified atom stereocenters. The topological polar surface area (TPSA) is 73.6 Å². The molecule has 6 heteroatoms.